The van der Waals surface area contributed by atoms with Crippen molar-refractivity contribution in [2.45, 2.75) is 51.0 Å². The molecule has 1 fully saturated rings. The Hall–Kier alpha value is -0.890. The fourth-order valence-electron chi connectivity index (χ4n) is 2.67. The smallest absolute Gasteiger partial charge is 0.0270 e. The zero-order chi connectivity index (χ0) is 11.2. The van der Waals surface area contributed by atoms with Gasteiger partial charge in [0.2, 0.25) is 0 Å². The Kier molecular flexibility index (Phi) is 4.34. The summed E-state index contributed by atoms with van der Waals surface area (Å²) in [7, 11) is 0. The van der Waals surface area contributed by atoms with Crippen LogP contribution in [0.25, 0.3) is 0 Å². The predicted octanol–water partition coefficient (Wildman–Crippen LogP) is 2.92. The van der Waals surface area contributed by atoms with Crippen LogP contribution in [0.15, 0.2) is 24.5 Å². The fraction of sp³-hybridized carbons (Fsp3) is 0.643. The van der Waals surface area contributed by atoms with Crippen LogP contribution in [0, 0.1) is 5.92 Å². The lowest BCUT2D eigenvalue weighted by molar-refractivity contribution is 0.447. The highest BCUT2D eigenvalue weighted by molar-refractivity contribution is 5.11. The summed E-state index contributed by atoms with van der Waals surface area (Å²) < 4.78 is 0. The van der Waals surface area contributed by atoms with Gasteiger partial charge in [0, 0.05) is 18.4 Å². The van der Waals surface area contributed by atoms with E-state index in [-0.39, 0.29) is 0 Å². The van der Waals surface area contributed by atoms with Gasteiger partial charge in [0.25, 0.3) is 0 Å². The number of hydrogen-bond acceptors (Lipinski definition) is 2. The van der Waals surface area contributed by atoms with Crippen molar-refractivity contribution >= 4 is 0 Å². The molecule has 2 rings (SSSR count). The number of rotatable bonds is 5. The average Bonchev–Trinajstić information content (AvgIpc) is 2.81. The normalized spacial score (nSPS) is 18.8. The minimum absolute atomic E-state index is 0.322. The summed E-state index contributed by atoms with van der Waals surface area (Å²) in [5.41, 5.74) is 7.48. The highest BCUT2D eigenvalue weighted by Gasteiger charge is 2.15. The largest absolute Gasteiger partial charge is 0.327 e. The highest BCUT2D eigenvalue weighted by Crippen LogP contribution is 2.28. The third kappa shape index (κ3) is 3.60. The Morgan fingerprint density at radius 3 is 2.62 bits per heavy atom. The summed E-state index contributed by atoms with van der Waals surface area (Å²) in [6.07, 6.45) is 12.9. The summed E-state index contributed by atoms with van der Waals surface area (Å²) >= 11 is 0. The Morgan fingerprint density at radius 2 is 1.94 bits per heavy atom. The molecule has 2 heteroatoms. The van der Waals surface area contributed by atoms with Gasteiger partial charge in [0.1, 0.15) is 0 Å². The van der Waals surface area contributed by atoms with Gasteiger partial charge in [0.05, 0.1) is 0 Å². The van der Waals surface area contributed by atoms with Crippen LogP contribution < -0.4 is 5.73 Å². The van der Waals surface area contributed by atoms with Gasteiger partial charge in [-0.3, -0.25) is 4.98 Å². The first-order valence-corrected chi connectivity index (χ1v) is 6.49. The van der Waals surface area contributed by atoms with E-state index in [4.69, 9.17) is 5.73 Å². The third-order valence-electron chi connectivity index (χ3n) is 3.67. The molecule has 0 aliphatic heterocycles. The third-order valence-corrected chi connectivity index (χ3v) is 3.67. The number of pyridine rings is 1. The molecule has 1 unspecified atom stereocenters. The van der Waals surface area contributed by atoms with Gasteiger partial charge in [-0.25, -0.2) is 0 Å². The minimum Gasteiger partial charge on any atom is -0.327 e. The number of hydrogen-bond donors (Lipinski definition) is 1. The number of nitrogens with zero attached hydrogens (tertiary/aromatic N) is 1. The second kappa shape index (κ2) is 6.00. The molecule has 1 aliphatic carbocycles. The van der Waals surface area contributed by atoms with Crippen LogP contribution in [-0.2, 0) is 6.42 Å². The van der Waals surface area contributed by atoms with E-state index >= 15 is 0 Å². The van der Waals surface area contributed by atoms with Crippen LogP contribution in [0.4, 0.5) is 0 Å². The van der Waals surface area contributed by atoms with Gasteiger partial charge in [-0.05, 0) is 42.9 Å². The SMILES string of the molecule is NC(CCC1CCCC1)Cc1ccncc1. The first-order chi connectivity index (χ1) is 7.84. The zero-order valence-corrected chi connectivity index (χ0v) is 9.94. The molecule has 1 heterocycles. The first-order valence-electron chi connectivity index (χ1n) is 6.49. The molecular formula is C14H22N2. The van der Waals surface area contributed by atoms with Crippen LogP contribution in [-0.4, -0.2) is 11.0 Å². The minimum atomic E-state index is 0.322. The Balaban J connectivity index is 1.69. The molecule has 0 amide bonds. The molecule has 1 saturated carbocycles. The van der Waals surface area contributed by atoms with Crippen molar-refractivity contribution in [2.24, 2.45) is 11.7 Å². The molecule has 1 aromatic heterocycles. The lowest BCUT2D eigenvalue weighted by Gasteiger charge is -2.14. The summed E-state index contributed by atoms with van der Waals surface area (Å²) in [6, 6.07) is 4.45. The van der Waals surface area contributed by atoms with Crippen molar-refractivity contribution < 1.29 is 0 Å². The molecule has 1 atom stereocenters. The van der Waals surface area contributed by atoms with Gasteiger partial charge in [-0.2, -0.15) is 0 Å². The van der Waals surface area contributed by atoms with Crippen LogP contribution in [0.3, 0.4) is 0 Å². The van der Waals surface area contributed by atoms with Gasteiger partial charge in [-0.15, -0.1) is 0 Å². The van der Waals surface area contributed by atoms with E-state index in [1.165, 1.54) is 44.1 Å². The van der Waals surface area contributed by atoms with Gasteiger partial charge in [0.15, 0.2) is 0 Å². The van der Waals surface area contributed by atoms with E-state index in [0.29, 0.717) is 6.04 Å². The second-order valence-electron chi connectivity index (χ2n) is 5.05. The van der Waals surface area contributed by atoms with E-state index in [1.54, 1.807) is 0 Å². The van der Waals surface area contributed by atoms with Crippen molar-refractivity contribution in [2.75, 3.05) is 0 Å². The lowest BCUT2D eigenvalue weighted by atomic mass is 9.96. The van der Waals surface area contributed by atoms with Gasteiger partial charge >= 0.3 is 0 Å². The Morgan fingerprint density at radius 1 is 1.25 bits per heavy atom. The molecule has 88 valence electrons. The topological polar surface area (TPSA) is 38.9 Å². The molecule has 0 bridgehead atoms. The second-order valence-corrected chi connectivity index (χ2v) is 5.05. The highest BCUT2D eigenvalue weighted by atomic mass is 14.6. The van der Waals surface area contributed by atoms with E-state index in [2.05, 4.69) is 17.1 Å². The Bertz CT molecular complexity index is 291. The van der Waals surface area contributed by atoms with E-state index in [0.717, 1.165) is 12.3 Å². The summed E-state index contributed by atoms with van der Waals surface area (Å²) in [6.45, 7) is 0. The van der Waals surface area contributed by atoms with Crippen LogP contribution >= 0.6 is 0 Å². The van der Waals surface area contributed by atoms with E-state index in [1.807, 2.05) is 12.4 Å². The quantitative estimate of drug-likeness (QED) is 0.825. The maximum atomic E-state index is 6.16. The Labute approximate surface area is 98.3 Å². The van der Waals surface area contributed by atoms with E-state index < -0.39 is 0 Å². The standard InChI is InChI=1S/C14H22N2/c15-14(6-5-12-3-1-2-4-12)11-13-7-9-16-10-8-13/h7-10,12,14H,1-6,11,15H2. The van der Waals surface area contributed by atoms with Crippen molar-refractivity contribution in [1.29, 1.82) is 0 Å². The van der Waals surface area contributed by atoms with Crippen molar-refractivity contribution in [1.82, 2.24) is 4.98 Å². The van der Waals surface area contributed by atoms with E-state index in [9.17, 15) is 0 Å². The van der Waals surface area contributed by atoms with Crippen molar-refractivity contribution in [3.63, 3.8) is 0 Å². The van der Waals surface area contributed by atoms with Gasteiger partial charge < -0.3 is 5.73 Å². The van der Waals surface area contributed by atoms with Crippen LogP contribution in [0.2, 0.25) is 0 Å². The maximum absolute atomic E-state index is 6.16. The monoisotopic (exact) mass is 218 g/mol. The fourth-order valence-corrected chi connectivity index (χ4v) is 2.67. The molecule has 1 aliphatic rings. The van der Waals surface area contributed by atoms with Crippen LogP contribution in [0.5, 0.6) is 0 Å². The number of nitrogens with two attached hydrogens (primary N) is 1. The maximum Gasteiger partial charge on any atom is 0.0270 e. The molecule has 1 aromatic rings. The van der Waals surface area contributed by atoms with Crippen molar-refractivity contribution in [3.8, 4) is 0 Å². The molecule has 16 heavy (non-hydrogen) atoms. The summed E-state index contributed by atoms with van der Waals surface area (Å²) in [5, 5.41) is 0. The number of aromatic nitrogens is 1. The first kappa shape index (κ1) is 11.6. The van der Waals surface area contributed by atoms with Crippen LogP contribution in [0.1, 0.15) is 44.1 Å². The predicted molar refractivity (Wildman–Crippen MR) is 67.1 cm³/mol. The molecule has 0 saturated heterocycles. The van der Waals surface area contributed by atoms with Crippen molar-refractivity contribution in [3.05, 3.63) is 30.1 Å². The summed E-state index contributed by atoms with van der Waals surface area (Å²) in [5.74, 6) is 0.962. The molecule has 2 nitrogen and oxygen atoms in total. The van der Waals surface area contributed by atoms with Gasteiger partial charge in [-0.1, -0.05) is 25.7 Å². The lowest BCUT2D eigenvalue weighted by Crippen LogP contribution is -2.23. The molecule has 2 N–H and O–H groups in total. The average molecular weight is 218 g/mol. The summed E-state index contributed by atoms with van der Waals surface area (Å²) in [4.78, 5) is 4.02. The molecular weight excluding hydrogens is 196 g/mol. The molecule has 0 radical (unpaired) electrons. The zero-order valence-electron chi connectivity index (χ0n) is 9.94. The molecule has 0 aromatic carbocycles. The molecule has 0 spiro atoms.